The predicted molar refractivity (Wildman–Crippen MR) is 108 cm³/mol. The Morgan fingerprint density at radius 2 is 2.00 bits per heavy atom. The van der Waals surface area contributed by atoms with Gasteiger partial charge < -0.3 is 15.0 Å². The molecule has 1 aromatic heterocycles. The number of amides is 2. The number of hydrogen-bond donors (Lipinski definition) is 1. The molecule has 1 unspecified atom stereocenters. The highest BCUT2D eigenvalue weighted by Crippen LogP contribution is 2.27. The highest BCUT2D eigenvalue weighted by atomic mass is 19.1. The molecule has 5 nitrogen and oxygen atoms in total. The van der Waals surface area contributed by atoms with E-state index in [-0.39, 0.29) is 17.8 Å². The van der Waals surface area contributed by atoms with E-state index < -0.39 is 5.82 Å². The maximum Gasteiger partial charge on any atom is 0.318 e. The summed E-state index contributed by atoms with van der Waals surface area (Å²) in [5.74, 6) is 0.0955. The van der Waals surface area contributed by atoms with Gasteiger partial charge in [0.15, 0.2) is 11.6 Å². The molecule has 4 rings (SSSR count). The van der Waals surface area contributed by atoms with E-state index in [2.05, 4.69) is 22.4 Å². The summed E-state index contributed by atoms with van der Waals surface area (Å²) in [6, 6.07) is 15.8. The summed E-state index contributed by atoms with van der Waals surface area (Å²) in [5, 5.41) is 2.96. The molecule has 0 saturated carbocycles. The fraction of sp³-hybridized carbons (Fsp3) is 0.217. The Morgan fingerprint density at radius 3 is 2.76 bits per heavy atom. The van der Waals surface area contributed by atoms with Crippen LogP contribution in [0.2, 0.25) is 0 Å². The second-order valence-corrected chi connectivity index (χ2v) is 7.09. The molecular weight excluding hydrogens is 369 g/mol. The monoisotopic (exact) mass is 391 g/mol. The first kappa shape index (κ1) is 18.9. The van der Waals surface area contributed by atoms with Gasteiger partial charge in [-0.3, -0.25) is 4.98 Å². The molecular formula is C23H22FN3O2. The van der Waals surface area contributed by atoms with E-state index in [0.717, 1.165) is 6.42 Å². The number of nitrogens with zero attached hydrogens (tertiary/aromatic N) is 2. The number of ether oxygens (including phenoxy) is 1. The molecule has 29 heavy (non-hydrogen) atoms. The second-order valence-electron chi connectivity index (χ2n) is 7.09. The molecule has 1 atom stereocenters. The molecule has 6 heteroatoms. The van der Waals surface area contributed by atoms with E-state index in [1.807, 2.05) is 19.1 Å². The van der Waals surface area contributed by atoms with Gasteiger partial charge in [0.25, 0.3) is 0 Å². The molecule has 0 saturated heterocycles. The molecule has 0 bridgehead atoms. The lowest BCUT2D eigenvalue weighted by atomic mass is 10.0. The molecule has 0 fully saturated rings. The van der Waals surface area contributed by atoms with Gasteiger partial charge in [0, 0.05) is 19.3 Å². The number of hydrogen-bond acceptors (Lipinski definition) is 3. The number of halogens is 1. The smallest absolute Gasteiger partial charge is 0.318 e. The molecule has 148 valence electrons. The highest BCUT2D eigenvalue weighted by Gasteiger charge is 2.22. The first-order valence-corrected chi connectivity index (χ1v) is 9.60. The van der Waals surface area contributed by atoms with Crippen LogP contribution in [-0.2, 0) is 13.0 Å². The zero-order valence-corrected chi connectivity index (χ0v) is 16.1. The summed E-state index contributed by atoms with van der Waals surface area (Å²) in [5.41, 5.74) is 3.13. The number of pyridine rings is 1. The Labute approximate surface area is 169 Å². The van der Waals surface area contributed by atoms with Crippen LogP contribution in [0.1, 0.15) is 29.7 Å². The quantitative estimate of drug-likeness (QED) is 0.692. The molecule has 1 aliphatic rings. The standard InChI is InChI=1S/C23H22FN3O2/c1-16(26-23(28)27-12-10-17-5-2-3-6-19(17)15-27)18-8-9-22(21(24)13-18)29-20-7-4-11-25-14-20/h2-9,11,13-14,16H,10,12,15H2,1H3,(H,26,28). The Hall–Kier alpha value is -3.41. The molecule has 0 spiro atoms. The van der Waals surface area contributed by atoms with Crippen LogP contribution in [-0.4, -0.2) is 22.5 Å². The molecule has 2 aromatic carbocycles. The topological polar surface area (TPSA) is 54.5 Å². The average Bonchev–Trinajstić information content (AvgIpc) is 2.75. The van der Waals surface area contributed by atoms with Crippen molar-refractivity contribution in [3.63, 3.8) is 0 Å². The van der Waals surface area contributed by atoms with Gasteiger partial charge in [0.05, 0.1) is 12.2 Å². The number of carbonyl (C=O) groups excluding carboxylic acids is 1. The molecule has 0 aliphatic carbocycles. The third-order valence-corrected chi connectivity index (χ3v) is 5.08. The van der Waals surface area contributed by atoms with Gasteiger partial charge in [-0.15, -0.1) is 0 Å². The lowest BCUT2D eigenvalue weighted by molar-refractivity contribution is 0.189. The number of fused-ring (bicyclic) bond motifs is 1. The van der Waals surface area contributed by atoms with Crippen LogP contribution in [0.15, 0.2) is 67.0 Å². The number of carbonyl (C=O) groups is 1. The minimum Gasteiger partial charge on any atom is -0.453 e. The maximum atomic E-state index is 14.5. The van der Waals surface area contributed by atoms with Gasteiger partial charge in [-0.1, -0.05) is 30.3 Å². The summed E-state index contributed by atoms with van der Waals surface area (Å²) >= 11 is 0. The van der Waals surface area contributed by atoms with Gasteiger partial charge in [-0.25, -0.2) is 9.18 Å². The Balaban J connectivity index is 1.40. The van der Waals surface area contributed by atoms with Crippen molar-refractivity contribution in [1.82, 2.24) is 15.2 Å². The van der Waals surface area contributed by atoms with Crippen molar-refractivity contribution < 1.29 is 13.9 Å². The first-order chi connectivity index (χ1) is 14.1. The zero-order valence-electron chi connectivity index (χ0n) is 16.1. The Kier molecular flexibility index (Phi) is 5.42. The van der Waals surface area contributed by atoms with Crippen LogP contribution < -0.4 is 10.1 Å². The minimum absolute atomic E-state index is 0.118. The first-order valence-electron chi connectivity index (χ1n) is 9.60. The van der Waals surface area contributed by atoms with Gasteiger partial charge >= 0.3 is 6.03 Å². The normalized spacial score (nSPS) is 14.1. The van der Waals surface area contributed by atoms with E-state index in [1.54, 1.807) is 35.4 Å². The lowest BCUT2D eigenvalue weighted by Crippen LogP contribution is -2.43. The van der Waals surface area contributed by atoms with E-state index in [4.69, 9.17) is 4.74 Å². The number of rotatable bonds is 4. The SMILES string of the molecule is CC(NC(=O)N1CCc2ccccc2C1)c1ccc(Oc2cccnc2)c(F)c1. The minimum atomic E-state index is -0.487. The van der Waals surface area contributed by atoms with Crippen molar-refractivity contribution >= 4 is 6.03 Å². The molecule has 0 radical (unpaired) electrons. The second kappa shape index (κ2) is 8.31. The van der Waals surface area contributed by atoms with Crippen molar-refractivity contribution in [3.8, 4) is 11.5 Å². The summed E-state index contributed by atoms with van der Waals surface area (Å²) < 4.78 is 20.0. The number of nitrogens with one attached hydrogen (secondary N) is 1. The maximum absolute atomic E-state index is 14.5. The molecule has 1 N–H and O–H groups in total. The van der Waals surface area contributed by atoms with Crippen molar-refractivity contribution in [3.05, 3.63) is 89.5 Å². The number of aromatic nitrogens is 1. The van der Waals surface area contributed by atoms with Crippen LogP contribution in [0, 0.1) is 5.82 Å². The van der Waals surface area contributed by atoms with E-state index >= 15 is 0 Å². The summed E-state index contributed by atoms with van der Waals surface area (Å²) in [6.45, 7) is 3.09. The fourth-order valence-electron chi connectivity index (χ4n) is 3.43. The molecule has 2 heterocycles. The van der Waals surface area contributed by atoms with Gasteiger partial charge in [0.2, 0.25) is 0 Å². The van der Waals surface area contributed by atoms with Gasteiger partial charge in [0.1, 0.15) is 5.75 Å². The third-order valence-electron chi connectivity index (χ3n) is 5.08. The van der Waals surface area contributed by atoms with Crippen LogP contribution in [0.3, 0.4) is 0 Å². The Morgan fingerprint density at radius 1 is 1.17 bits per heavy atom. The molecule has 2 amide bonds. The number of benzene rings is 2. The van der Waals surface area contributed by atoms with Gasteiger partial charge in [-0.05, 0) is 54.3 Å². The zero-order chi connectivity index (χ0) is 20.2. The summed E-state index contributed by atoms with van der Waals surface area (Å²) in [7, 11) is 0. The number of urea groups is 1. The van der Waals surface area contributed by atoms with Crippen LogP contribution in [0.5, 0.6) is 11.5 Å². The van der Waals surface area contributed by atoms with Crippen LogP contribution in [0.4, 0.5) is 9.18 Å². The highest BCUT2D eigenvalue weighted by molar-refractivity contribution is 5.75. The van der Waals surface area contributed by atoms with Crippen LogP contribution in [0.25, 0.3) is 0 Å². The van der Waals surface area contributed by atoms with E-state index in [9.17, 15) is 9.18 Å². The largest absolute Gasteiger partial charge is 0.453 e. The lowest BCUT2D eigenvalue weighted by Gasteiger charge is -2.30. The Bertz CT molecular complexity index is 1010. The van der Waals surface area contributed by atoms with Crippen molar-refractivity contribution in [2.75, 3.05) is 6.54 Å². The van der Waals surface area contributed by atoms with Gasteiger partial charge in [-0.2, -0.15) is 0 Å². The van der Waals surface area contributed by atoms with Crippen molar-refractivity contribution in [2.45, 2.75) is 25.9 Å². The molecule has 1 aliphatic heterocycles. The van der Waals surface area contributed by atoms with E-state index in [1.165, 1.54) is 23.4 Å². The van der Waals surface area contributed by atoms with Crippen LogP contribution >= 0.6 is 0 Å². The van der Waals surface area contributed by atoms with Crippen molar-refractivity contribution in [2.24, 2.45) is 0 Å². The average molecular weight is 391 g/mol. The van der Waals surface area contributed by atoms with E-state index in [0.29, 0.717) is 24.4 Å². The fourth-order valence-corrected chi connectivity index (χ4v) is 3.43. The third kappa shape index (κ3) is 4.37. The summed E-state index contributed by atoms with van der Waals surface area (Å²) in [6.07, 6.45) is 3.98. The molecule has 3 aromatic rings. The summed E-state index contributed by atoms with van der Waals surface area (Å²) in [4.78, 5) is 18.4. The predicted octanol–water partition coefficient (Wildman–Crippen LogP) is 4.84. The van der Waals surface area contributed by atoms with Crippen molar-refractivity contribution in [1.29, 1.82) is 0 Å².